The lowest BCUT2D eigenvalue weighted by atomic mass is 10.0. The first-order valence-electron chi connectivity index (χ1n) is 20.5. The molecule has 1 unspecified atom stereocenters. The second-order valence-electron chi connectivity index (χ2n) is 14.3. The molecule has 2 heteroatoms. The Balaban J connectivity index is 2.16. The highest BCUT2D eigenvalue weighted by atomic mass is 15.4. The van der Waals surface area contributed by atoms with E-state index in [1.165, 1.54) is 225 Å². The number of rotatable bonds is 35. The molecule has 0 amide bonds. The summed E-state index contributed by atoms with van der Waals surface area (Å²) in [7, 11) is 0. The molecule has 2 nitrogen and oxygen atoms in total. The Kier molecular flexibility index (Phi) is 30.7. The predicted molar refractivity (Wildman–Crippen MR) is 196 cm³/mol. The normalized spacial score (nSPS) is 14.9. The van der Waals surface area contributed by atoms with Gasteiger partial charge in [-0.2, -0.15) is 0 Å². The van der Waals surface area contributed by atoms with Crippen LogP contribution in [0.4, 0.5) is 0 Å². The van der Waals surface area contributed by atoms with E-state index >= 15 is 0 Å². The predicted octanol–water partition coefficient (Wildman–Crippen LogP) is 14.3. The van der Waals surface area contributed by atoms with Crippen LogP contribution < -0.4 is 0 Å². The Hall–Kier alpha value is -0.660. The van der Waals surface area contributed by atoms with Crippen molar-refractivity contribution in [1.82, 2.24) is 9.80 Å². The van der Waals surface area contributed by atoms with Gasteiger partial charge in [0.1, 0.15) is 6.17 Å². The number of unbranched alkanes of at least 4 members (excludes halogenated alkanes) is 29. The molecule has 0 saturated heterocycles. The van der Waals surface area contributed by atoms with Crippen LogP contribution in [0.2, 0.25) is 0 Å². The average Bonchev–Trinajstić information content (AvgIpc) is 3.40. The molecule has 0 bridgehead atoms. The van der Waals surface area contributed by atoms with Crippen LogP contribution in [0, 0.1) is 0 Å². The molecule has 0 fully saturated rings. The second-order valence-corrected chi connectivity index (χ2v) is 14.3. The van der Waals surface area contributed by atoms with Crippen molar-refractivity contribution >= 4 is 0 Å². The van der Waals surface area contributed by atoms with E-state index in [1.54, 1.807) is 0 Å². The van der Waals surface area contributed by atoms with E-state index in [2.05, 4.69) is 43.0 Å². The monoisotopic (exact) mass is 603 g/mol. The summed E-state index contributed by atoms with van der Waals surface area (Å²) in [5.41, 5.74) is 0. The highest BCUT2D eigenvalue weighted by Crippen LogP contribution is 2.24. The Morgan fingerprint density at radius 1 is 0.302 bits per heavy atom. The highest BCUT2D eigenvalue weighted by Gasteiger charge is 2.24. The van der Waals surface area contributed by atoms with Crippen LogP contribution in [0.1, 0.15) is 233 Å². The third kappa shape index (κ3) is 25.2. The molecule has 1 rings (SSSR count). The van der Waals surface area contributed by atoms with Gasteiger partial charge in [0.25, 0.3) is 0 Å². The van der Waals surface area contributed by atoms with Gasteiger partial charge in [0.15, 0.2) is 0 Å². The molecule has 0 radical (unpaired) electrons. The molecule has 1 aliphatic heterocycles. The van der Waals surface area contributed by atoms with E-state index in [0.717, 1.165) is 0 Å². The molecule has 0 aromatic rings. The van der Waals surface area contributed by atoms with E-state index in [1.807, 2.05) is 0 Å². The summed E-state index contributed by atoms with van der Waals surface area (Å²) >= 11 is 0. The van der Waals surface area contributed by atoms with E-state index < -0.39 is 0 Å². The maximum atomic E-state index is 2.72. The first kappa shape index (κ1) is 40.4. The lowest BCUT2D eigenvalue weighted by Gasteiger charge is -2.33. The largest absolute Gasteiger partial charge is 0.356 e. The van der Waals surface area contributed by atoms with Crippen LogP contribution in [-0.2, 0) is 0 Å². The van der Waals surface area contributed by atoms with Crippen LogP contribution in [0.25, 0.3) is 0 Å². The summed E-state index contributed by atoms with van der Waals surface area (Å²) in [5.74, 6) is 0. The third-order valence-corrected chi connectivity index (χ3v) is 10.1. The molecule has 1 atom stereocenters. The van der Waals surface area contributed by atoms with E-state index in [-0.39, 0.29) is 0 Å². The maximum Gasteiger partial charge on any atom is 0.101 e. The fourth-order valence-electron chi connectivity index (χ4n) is 7.07. The maximum absolute atomic E-state index is 2.72. The van der Waals surface area contributed by atoms with Crippen molar-refractivity contribution in [3.05, 3.63) is 12.4 Å². The molecule has 0 aromatic heterocycles. The summed E-state index contributed by atoms with van der Waals surface area (Å²) in [6.07, 6.45) is 52.9. The number of nitrogens with zero attached hydrogens (tertiary/aromatic N) is 2. The van der Waals surface area contributed by atoms with Crippen molar-refractivity contribution in [3.8, 4) is 0 Å². The van der Waals surface area contributed by atoms with Gasteiger partial charge in [0.05, 0.1) is 0 Å². The lowest BCUT2D eigenvalue weighted by Crippen LogP contribution is -2.39. The van der Waals surface area contributed by atoms with Crippen molar-refractivity contribution in [2.24, 2.45) is 0 Å². The van der Waals surface area contributed by atoms with Gasteiger partial charge in [-0.1, -0.05) is 207 Å². The third-order valence-electron chi connectivity index (χ3n) is 10.1. The summed E-state index contributed by atoms with van der Waals surface area (Å²) in [4.78, 5) is 5.43. The first-order chi connectivity index (χ1) is 21.3. The van der Waals surface area contributed by atoms with Crippen molar-refractivity contribution in [2.45, 2.75) is 239 Å². The van der Waals surface area contributed by atoms with E-state index in [4.69, 9.17) is 0 Å². The summed E-state index contributed by atoms with van der Waals surface area (Å²) in [5, 5.41) is 0. The smallest absolute Gasteiger partial charge is 0.101 e. The van der Waals surface area contributed by atoms with Gasteiger partial charge in [0.2, 0.25) is 0 Å². The summed E-state index contributed by atoms with van der Waals surface area (Å²) in [6, 6.07) is 0. The zero-order chi connectivity index (χ0) is 30.9. The lowest BCUT2D eigenvalue weighted by molar-refractivity contribution is 0.135. The van der Waals surface area contributed by atoms with Crippen molar-refractivity contribution in [1.29, 1.82) is 0 Å². The van der Waals surface area contributed by atoms with Crippen molar-refractivity contribution in [2.75, 3.05) is 13.1 Å². The molecule has 0 aromatic carbocycles. The van der Waals surface area contributed by atoms with Gasteiger partial charge < -0.3 is 9.80 Å². The molecule has 0 aliphatic carbocycles. The van der Waals surface area contributed by atoms with Crippen LogP contribution in [0.5, 0.6) is 0 Å². The van der Waals surface area contributed by atoms with Crippen LogP contribution in [0.3, 0.4) is 0 Å². The standard InChI is InChI=1S/C41H82N2/c1-4-7-10-13-16-18-19-20-21-22-23-24-25-27-30-33-36-41-42(37-34-31-28-15-12-9-6-3)39-40-43(41)38-35-32-29-26-17-14-11-8-5-2/h39-41H,4-38H2,1-3H3. The Bertz CT molecular complexity index is 558. The minimum absolute atomic E-state index is 0.640. The summed E-state index contributed by atoms with van der Waals surface area (Å²) in [6.45, 7) is 9.48. The van der Waals surface area contributed by atoms with E-state index in [0.29, 0.717) is 6.17 Å². The molecular weight excluding hydrogens is 520 g/mol. The highest BCUT2D eigenvalue weighted by molar-refractivity contribution is 4.97. The van der Waals surface area contributed by atoms with Gasteiger partial charge >= 0.3 is 0 Å². The van der Waals surface area contributed by atoms with E-state index in [9.17, 15) is 0 Å². The molecule has 0 saturated carbocycles. The van der Waals surface area contributed by atoms with Crippen molar-refractivity contribution < 1.29 is 0 Å². The quantitative estimate of drug-likeness (QED) is 0.0666. The van der Waals surface area contributed by atoms with Gasteiger partial charge in [-0.3, -0.25) is 0 Å². The fourth-order valence-corrected chi connectivity index (χ4v) is 7.07. The molecule has 1 heterocycles. The fraction of sp³-hybridized carbons (Fsp3) is 0.951. The van der Waals surface area contributed by atoms with Gasteiger partial charge in [-0.25, -0.2) is 0 Å². The van der Waals surface area contributed by atoms with Crippen LogP contribution >= 0.6 is 0 Å². The number of hydrogen-bond donors (Lipinski definition) is 0. The molecule has 43 heavy (non-hydrogen) atoms. The molecule has 0 spiro atoms. The topological polar surface area (TPSA) is 6.48 Å². The minimum atomic E-state index is 0.640. The molecule has 256 valence electrons. The van der Waals surface area contributed by atoms with Gasteiger partial charge in [-0.05, 0) is 25.7 Å². The van der Waals surface area contributed by atoms with Crippen molar-refractivity contribution in [3.63, 3.8) is 0 Å². The van der Waals surface area contributed by atoms with Gasteiger partial charge in [-0.15, -0.1) is 0 Å². The van der Waals surface area contributed by atoms with Gasteiger partial charge in [0, 0.05) is 25.5 Å². The Morgan fingerprint density at radius 3 is 0.814 bits per heavy atom. The minimum Gasteiger partial charge on any atom is -0.356 e. The molecular formula is C41H82N2. The summed E-state index contributed by atoms with van der Waals surface area (Å²) < 4.78 is 0. The van der Waals surface area contributed by atoms with Crippen LogP contribution in [-0.4, -0.2) is 29.1 Å². The molecule has 1 aliphatic rings. The SMILES string of the molecule is CCCCCCCCCCCCCCCCCCC1N(CCCCCCCCC)C=CN1CCCCCCCCCCC. The zero-order valence-corrected chi connectivity index (χ0v) is 30.4. The molecule has 0 N–H and O–H groups in total. The Morgan fingerprint density at radius 2 is 0.535 bits per heavy atom. The zero-order valence-electron chi connectivity index (χ0n) is 30.4. The first-order valence-corrected chi connectivity index (χ1v) is 20.5. The Labute approximate surface area is 273 Å². The van der Waals surface area contributed by atoms with Crippen LogP contribution in [0.15, 0.2) is 12.4 Å². The average molecular weight is 603 g/mol. The second kappa shape index (κ2) is 32.7. The number of hydrogen-bond acceptors (Lipinski definition) is 2.